The Morgan fingerprint density at radius 1 is 1.24 bits per heavy atom. The van der Waals surface area contributed by atoms with Gasteiger partial charge in [0.1, 0.15) is 10.7 Å². The van der Waals surface area contributed by atoms with Gasteiger partial charge in [-0.15, -0.1) is 0 Å². The molecular weight excluding hydrogens is 284 g/mol. The minimum Gasteiger partial charge on any atom is -0.507 e. The largest absolute Gasteiger partial charge is 0.507 e. The van der Waals surface area contributed by atoms with Crippen molar-refractivity contribution in [2.24, 2.45) is 5.73 Å². The van der Waals surface area contributed by atoms with Crippen molar-refractivity contribution in [2.45, 2.75) is 6.92 Å². The second-order valence-electron chi connectivity index (χ2n) is 4.75. The van der Waals surface area contributed by atoms with Gasteiger partial charge in [0.2, 0.25) is 0 Å². The first kappa shape index (κ1) is 15.0. The molecule has 0 atom stereocenters. The number of carbonyl (C=O) groups excluding carboxylic acids is 1. The first-order valence-corrected chi connectivity index (χ1v) is 6.79. The monoisotopic (exact) mass is 300 g/mol. The van der Waals surface area contributed by atoms with E-state index >= 15 is 0 Å². The standard InChI is InChI=1S/C16H16N2O2S/c1-10-5-3-8-13(14(10)19)16(20)18(2)12-7-4-6-11(9-12)15(17)21/h3-9,19H,1-2H3,(H2,17,21). The number of anilines is 1. The number of nitrogens with zero attached hydrogens (tertiary/aromatic N) is 1. The SMILES string of the molecule is Cc1cccc(C(=O)N(C)c2cccc(C(N)=S)c2)c1O. The Morgan fingerprint density at radius 3 is 2.57 bits per heavy atom. The van der Waals surface area contributed by atoms with E-state index in [1.807, 2.05) is 0 Å². The number of thiocarbonyl (C=S) groups is 1. The predicted octanol–water partition coefficient (Wildman–Crippen LogP) is 2.61. The van der Waals surface area contributed by atoms with Crippen LogP contribution in [0.2, 0.25) is 0 Å². The van der Waals surface area contributed by atoms with Crippen LogP contribution in [0.4, 0.5) is 5.69 Å². The van der Waals surface area contributed by atoms with E-state index in [9.17, 15) is 9.90 Å². The average molecular weight is 300 g/mol. The van der Waals surface area contributed by atoms with E-state index in [-0.39, 0.29) is 22.2 Å². The maximum atomic E-state index is 12.5. The molecule has 3 N–H and O–H groups in total. The average Bonchev–Trinajstić information content (AvgIpc) is 2.48. The van der Waals surface area contributed by atoms with Gasteiger partial charge in [0.15, 0.2) is 0 Å². The fraction of sp³-hybridized carbons (Fsp3) is 0.125. The number of aryl methyl sites for hydroxylation is 1. The van der Waals surface area contributed by atoms with Gasteiger partial charge in [0, 0.05) is 18.3 Å². The normalized spacial score (nSPS) is 10.2. The third-order valence-corrected chi connectivity index (χ3v) is 3.53. The molecule has 0 fully saturated rings. The van der Waals surface area contributed by atoms with E-state index < -0.39 is 0 Å². The molecule has 0 bridgehead atoms. The van der Waals surface area contributed by atoms with Crippen LogP contribution in [0.3, 0.4) is 0 Å². The number of carbonyl (C=O) groups is 1. The quantitative estimate of drug-likeness (QED) is 0.855. The maximum absolute atomic E-state index is 12.5. The van der Waals surface area contributed by atoms with E-state index in [1.54, 1.807) is 56.4 Å². The Kier molecular flexibility index (Phi) is 4.23. The summed E-state index contributed by atoms with van der Waals surface area (Å²) in [5.41, 5.74) is 7.87. The van der Waals surface area contributed by atoms with Gasteiger partial charge in [-0.1, -0.05) is 36.5 Å². The molecule has 0 aliphatic heterocycles. The Bertz CT molecular complexity index is 713. The number of hydrogen-bond donors (Lipinski definition) is 2. The highest BCUT2D eigenvalue weighted by Gasteiger charge is 2.18. The van der Waals surface area contributed by atoms with Crippen molar-refractivity contribution in [1.29, 1.82) is 0 Å². The lowest BCUT2D eigenvalue weighted by Crippen LogP contribution is -2.26. The molecule has 108 valence electrons. The molecule has 0 aromatic heterocycles. The Morgan fingerprint density at radius 2 is 1.90 bits per heavy atom. The number of phenols is 1. The highest BCUT2D eigenvalue weighted by molar-refractivity contribution is 7.80. The molecule has 1 amide bonds. The maximum Gasteiger partial charge on any atom is 0.261 e. The van der Waals surface area contributed by atoms with Gasteiger partial charge in [-0.05, 0) is 30.7 Å². The summed E-state index contributed by atoms with van der Waals surface area (Å²) in [6.45, 7) is 1.75. The lowest BCUT2D eigenvalue weighted by atomic mass is 10.1. The molecule has 2 rings (SSSR count). The van der Waals surface area contributed by atoms with Crippen LogP contribution < -0.4 is 10.6 Å². The first-order valence-electron chi connectivity index (χ1n) is 6.38. The smallest absolute Gasteiger partial charge is 0.261 e. The van der Waals surface area contributed by atoms with Crippen LogP contribution >= 0.6 is 12.2 Å². The molecular formula is C16H16N2O2S. The molecule has 4 nitrogen and oxygen atoms in total. The van der Waals surface area contributed by atoms with Crippen LogP contribution in [0.15, 0.2) is 42.5 Å². The minimum atomic E-state index is -0.295. The Hall–Kier alpha value is -2.40. The summed E-state index contributed by atoms with van der Waals surface area (Å²) in [5, 5.41) is 10.0. The van der Waals surface area contributed by atoms with Crippen molar-refractivity contribution in [3.8, 4) is 5.75 Å². The van der Waals surface area contributed by atoms with E-state index in [0.717, 1.165) is 0 Å². The molecule has 0 radical (unpaired) electrons. The summed E-state index contributed by atoms with van der Waals surface area (Å²) < 4.78 is 0. The summed E-state index contributed by atoms with van der Waals surface area (Å²) in [4.78, 5) is 14.2. The number of nitrogens with two attached hydrogens (primary N) is 1. The van der Waals surface area contributed by atoms with Crippen LogP contribution in [0.1, 0.15) is 21.5 Å². The molecule has 2 aromatic rings. The molecule has 0 aliphatic carbocycles. The fourth-order valence-electron chi connectivity index (χ4n) is 2.00. The molecule has 0 spiro atoms. The van der Waals surface area contributed by atoms with Gasteiger partial charge in [0.25, 0.3) is 5.91 Å². The second kappa shape index (κ2) is 5.93. The van der Waals surface area contributed by atoms with Gasteiger partial charge in [-0.2, -0.15) is 0 Å². The fourth-order valence-corrected chi connectivity index (χ4v) is 2.12. The van der Waals surface area contributed by atoms with Gasteiger partial charge in [-0.3, -0.25) is 4.79 Å². The van der Waals surface area contributed by atoms with Crippen molar-refractivity contribution in [2.75, 3.05) is 11.9 Å². The van der Waals surface area contributed by atoms with Gasteiger partial charge in [-0.25, -0.2) is 0 Å². The van der Waals surface area contributed by atoms with Gasteiger partial charge in [0.05, 0.1) is 5.56 Å². The highest BCUT2D eigenvalue weighted by Crippen LogP contribution is 2.25. The molecule has 0 unspecified atom stereocenters. The summed E-state index contributed by atoms with van der Waals surface area (Å²) in [5.74, 6) is -0.295. The third-order valence-electron chi connectivity index (χ3n) is 3.29. The number of benzene rings is 2. The van der Waals surface area contributed by atoms with Crippen LogP contribution in [-0.4, -0.2) is 23.0 Å². The lowest BCUT2D eigenvalue weighted by Gasteiger charge is -2.19. The number of phenolic OH excluding ortho intramolecular Hbond substituents is 1. The van der Waals surface area contributed by atoms with Crippen LogP contribution in [-0.2, 0) is 0 Å². The van der Waals surface area contributed by atoms with Crippen LogP contribution in [0.25, 0.3) is 0 Å². The van der Waals surface area contributed by atoms with Gasteiger partial charge >= 0.3 is 0 Å². The summed E-state index contributed by atoms with van der Waals surface area (Å²) in [7, 11) is 1.64. The third kappa shape index (κ3) is 3.03. The predicted molar refractivity (Wildman–Crippen MR) is 87.9 cm³/mol. The summed E-state index contributed by atoms with van der Waals surface area (Å²) >= 11 is 4.94. The number of amides is 1. The van der Waals surface area contributed by atoms with Crippen molar-refractivity contribution in [3.63, 3.8) is 0 Å². The van der Waals surface area contributed by atoms with E-state index in [0.29, 0.717) is 16.8 Å². The topological polar surface area (TPSA) is 66.6 Å². The molecule has 2 aromatic carbocycles. The van der Waals surface area contributed by atoms with Crippen molar-refractivity contribution < 1.29 is 9.90 Å². The second-order valence-corrected chi connectivity index (χ2v) is 5.19. The van der Waals surface area contributed by atoms with Crippen LogP contribution in [0.5, 0.6) is 5.75 Å². The van der Waals surface area contributed by atoms with Crippen LogP contribution in [0, 0.1) is 6.92 Å². The highest BCUT2D eigenvalue weighted by atomic mass is 32.1. The molecule has 0 saturated heterocycles. The zero-order valence-electron chi connectivity index (χ0n) is 11.8. The minimum absolute atomic E-state index is 0.000139. The van der Waals surface area contributed by atoms with Gasteiger partial charge < -0.3 is 15.7 Å². The number of hydrogen-bond acceptors (Lipinski definition) is 3. The van der Waals surface area contributed by atoms with E-state index in [1.165, 1.54) is 4.90 Å². The Balaban J connectivity index is 2.37. The molecule has 0 heterocycles. The van der Waals surface area contributed by atoms with E-state index in [2.05, 4.69) is 0 Å². The molecule has 0 aliphatic rings. The molecule has 5 heteroatoms. The van der Waals surface area contributed by atoms with Crippen molar-refractivity contribution in [1.82, 2.24) is 0 Å². The first-order chi connectivity index (χ1) is 9.91. The zero-order valence-corrected chi connectivity index (χ0v) is 12.6. The Labute approximate surface area is 128 Å². The summed E-state index contributed by atoms with van der Waals surface area (Å²) in [6.07, 6.45) is 0. The number of para-hydroxylation sites is 1. The zero-order chi connectivity index (χ0) is 15.6. The lowest BCUT2D eigenvalue weighted by molar-refractivity contribution is 0.0990. The summed E-state index contributed by atoms with van der Waals surface area (Å²) in [6, 6.07) is 12.2. The van der Waals surface area contributed by atoms with Crippen molar-refractivity contribution in [3.05, 3.63) is 59.2 Å². The number of rotatable bonds is 3. The molecule has 0 saturated carbocycles. The van der Waals surface area contributed by atoms with Crippen molar-refractivity contribution >= 4 is 28.8 Å². The van der Waals surface area contributed by atoms with E-state index in [4.69, 9.17) is 18.0 Å². The molecule has 21 heavy (non-hydrogen) atoms. The number of aromatic hydroxyl groups is 1.